The number of dihydropyridines is 1. The molecule has 0 saturated carbocycles. The van der Waals surface area contributed by atoms with Gasteiger partial charge in [0.2, 0.25) is 0 Å². The molecule has 0 amide bonds. The third-order valence-corrected chi connectivity index (χ3v) is 9.34. The van der Waals surface area contributed by atoms with Gasteiger partial charge < -0.3 is 25.9 Å². The Morgan fingerprint density at radius 2 is 1.89 bits per heavy atom. The van der Waals surface area contributed by atoms with E-state index in [1.165, 1.54) is 0 Å². The summed E-state index contributed by atoms with van der Waals surface area (Å²) in [6.07, 6.45) is 3.69. The van der Waals surface area contributed by atoms with Crippen LogP contribution in [0.1, 0.15) is 24.1 Å². The van der Waals surface area contributed by atoms with Crippen LogP contribution in [-0.4, -0.2) is 59.9 Å². The van der Waals surface area contributed by atoms with E-state index in [1.807, 2.05) is 53.9 Å². The second-order valence-electron chi connectivity index (χ2n) is 9.95. The molecule has 0 bridgehead atoms. The van der Waals surface area contributed by atoms with E-state index in [1.54, 1.807) is 29.3 Å². The molecule has 11 nitrogen and oxygen atoms in total. The summed E-state index contributed by atoms with van der Waals surface area (Å²) < 4.78 is 10.8. The molecule has 5 rings (SSSR count). The minimum absolute atomic E-state index is 0.0548. The zero-order chi connectivity index (χ0) is 31.6. The highest BCUT2D eigenvalue weighted by Crippen LogP contribution is 2.40. The molecule has 14 heteroatoms. The van der Waals surface area contributed by atoms with Crippen LogP contribution in [0.4, 0.5) is 0 Å². The number of hydrogen-bond donors (Lipinski definition) is 2. The number of carbonyl (C=O) groups is 1. The van der Waals surface area contributed by atoms with E-state index in [4.69, 9.17) is 42.6 Å². The average Bonchev–Trinajstić information content (AvgIpc) is 3.78. The first-order valence-electron chi connectivity index (χ1n) is 14.2. The molecule has 1 unspecified atom stereocenters. The first-order chi connectivity index (χ1) is 22.0. The Balaban J connectivity index is 1.35. The number of nitrogens with zero attached hydrogens (tertiary/aromatic N) is 6. The number of esters is 1. The van der Waals surface area contributed by atoms with Gasteiger partial charge in [-0.2, -0.15) is 10.4 Å². The van der Waals surface area contributed by atoms with Gasteiger partial charge in [0.15, 0.2) is 6.54 Å². The number of benzene rings is 2. The predicted octanol–water partition coefficient (Wildman–Crippen LogP) is 5.60. The van der Waals surface area contributed by atoms with E-state index >= 15 is 0 Å². The summed E-state index contributed by atoms with van der Waals surface area (Å²) in [6, 6.07) is 17.5. The molecule has 3 heterocycles. The third kappa shape index (κ3) is 8.02. The molecule has 4 N–H and O–H groups in total. The lowest BCUT2D eigenvalue weighted by atomic mass is 9.90. The van der Waals surface area contributed by atoms with Gasteiger partial charge in [0, 0.05) is 52.2 Å². The van der Waals surface area contributed by atoms with Gasteiger partial charge >= 0.3 is 5.97 Å². The lowest BCUT2D eigenvalue weighted by Gasteiger charge is -2.31. The van der Waals surface area contributed by atoms with Crippen molar-refractivity contribution in [3.8, 4) is 22.4 Å². The number of carbonyl (C=O) groups excluding carboxylic acids is 1. The number of aromatic nitrogens is 1. The lowest BCUT2D eigenvalue weighted by Crippen LogP contribution is -2.34. The Morgan fingerprint density at radius 3 is 2.58 bits per heavy atom. The summed E-state index contributed by atoms with van der Waals surface area (Å²) in [6.45, 7) is 1.73. The lowest BCUT2D eigenvalue weighted by molar-refractivity contribution is -0.142. The standard InChI is InChI=1S/C31H31ClN8O3S2/c32-22-7-3-21(4-8-22)30-37-23(18-44-30)19-45-31-26(16-34)28(25(15-33)29(38-31)40-11-1-2-12-40)20-5-9-24(10-6-20)42-13-14-43-27(41)17-36-39-35/h3-10,15,18,31H,1-2,11-14,17,19,33H2,(H2,35,36). The van der Waals surface area contributed by atoms with Gasteiger partial charge in [-0.3, -0.25) is 0 Å². The summed E-state index contributed by atoms with van der Waals surface area (Å²) >= 11 is 9.19. The Morgan fingerprint density at radius 1 is 1.16 bits per heavy atom. The van der Waals surface area contributed by atoms with Crippen LogP contribution in [0.2, 0.25) is 5.02 Å². The number of nitriles is 1. The molecule has 0 radical (unpaired) electrons. The first-order valence-corrected chi connectivity index (χ1v) is 16.5. The van der Waals surface area contributed by atoms with E-state index in [9.17, 15) is 10.1 Å². The largest absolute Gasteiger partial charge is 0.490 e. The van der Waals surface area contributed by atoms with E-state index < -0.39 is 11.3 Å². The fourth-order valence-electron chi connectivity index (χ4n) is 4.95. The van der Waals surface area contributed by atoms with Gasteiger partial charge in [0.1, 0.15) is 35.2 Å². The molecule has 0 spiro atoms. The second kappa shape index (κ2) is 15.6. The number of amidine groups is 1. The van der Waals surface area contributed by atoms with Crippen molar-refractivity contribution in [3.05, 3.63) is 87.5 Å². The number of nitrogens with two attached hydrogens (primary N) is 2. The highest BCUT2D eigenvalue weighted by molar-refractivity contribution is 7.99. The van der Waals surface area contributed by atoms with Gasteiger partial charge in [0.05, 0.1) is 17.3 Å². The van der Waals surface area contributed by atoms with Crippen molar-refractivity contribution < 1.29 is 14.3 Å². The number of halogens is 1. The molecular formula is C31H31ClN8O3S2. The molecule has 1 atom stereocenters. The normalized spacial score (nSPS) is 17.5. The first kappa shape index (κ1) is 32.0. The van der Waals surface area contributed by atoms with Crippen LogP contribution in [0.3, 0.4) is 0 Å². The Labute approximate surface area is 274 Å². The number of likely N-dealkylation sites (tertiary alicyclic amines) is 1. The molecule has 2 aliphatic heterocycles. The van der Waals surface area contributed by atoms with Crippen LogP contribution < -0.4 is 16.3 Å². The maximum Gasteiger partial charge on any atom is 0.329 e. The monoisotopic (exact) mass is 662 g/mol. The molecule has 3 aromatic rings. The summed E-state index contributed by atoms with van der Waals surface area (Å²) in [5.41, 5.74) is 11.0. The molecular weight excluding hydrogens is 632 g/mol. The molecule has 45 heavy (non-hydrogen) atoms. The summed E-state index contributed by atoms with van der Waals surface area (Å²) in [5.74, 6) is 6.32. The number of ether oxygens (including phenoxy) is 2. The minimum Gasteiger partial charge on any atom is -0.490 e. The molecule has 232 valence electrons. The molecule has 1 saturated heterocycles. The summed E-state index contributed by atoms with van der Waals surface area (Å²) in [4.78, 5) is 23.7. The van der Waals surface area contributed by atoms with Crippen molar-refractivity contribution in [3.63, 3.8) is 0 Å². The van der Waals surface area contributed by atoms with Gasteiger partial charge in [-0.15, -0.1) is 23.1 Å². The Bertz CT molecular complexity index is 1660. The Hall–Kier alpha value is -4.38. The molecule has 2 aromatic carbocycles. The van der Waals surface area contributed by atoms with Crippen LogP contribution in [0.25, 0.3) is 16.1 Å². The smallest absolute Gasteiger partial charge is 0.329 e. The van der Waals surface area contributed by atoms with E-state index in [0.29, 0.717) is 22.1 Å². The van der Waals surface area contributed by atoms with Crippen LogP contribution >= 0.6 is 34.7 Å². The van der Waals surface area contributed by atoms with Crippen molar-refractivity contribution in [2.45, 2.75) is 24.0 Å². The topological polar surface area (TPSA) is 165 Å². The average molecular weight is 663 g/mol. The van der Waals surface area contributed by atoms with E-state index in [2.05, 4.69) is 21.3 Å². The van der Waals surface area contributed by atoms with Gasteiger partial charge in [-0.1, -0.05) is 41.1 Å². The molecule has 1 fully saturated rings. The number of aliphatic imine (C=N–C) groups is 1. The van der Waals surface area contributed by atoms with Gasteiger partial charge in [-0.25, -0.2) is 14.8 Å². The maximum absolute atomic E-state index is 11.5. The maximum atomic E-state index is 11.5. The molecule has 1 aromatic heterocycles. The fraction of sp³-hybridized carbons (Fsp3) is 0.290. The van der Waals surface area contributed by atoms with E-state index in [-0.39, 0.29) is 19.8 Å². The van der Waals surface area contributed by atoms with E-state index in [0.717, 1.165) is 64.7 Å². The number of thiazole rings is 1. The quantitative estimate of drug-likeness (QED) is 0.0874. The van der Waals surface area contributed by atoms with Crippen molar-refractivity contribution in [2.75, 3.05) is 32.8 Å². The second-order valence-corrected chi connectivity index (χ2v) is 12.3. The molecule has 0 aliphatic carbocycles. The zero-order valence-electron chi connectivity index (χ0n) is 24.3. The van der Waals surface area contributed by atoms with Crippen LogP contribution in [-0.2, 0) is 15.3 Å². The Kier molecular flexibility index (Phi) is 11.1. The number of thioether (sulfide) groups is 1. The van der Waals surface area contributed by atoms with Crippen LogP contribution in [0.5, 0.6) is 5.75 Å². The van der Waals surface area contributed by atoms with Crippen molar-refractivity contribution in [1.82, 2.24) is 9.88 Å². The predicted molar refractivity (Wildman–Crippen MR) is 177 cm³/mol. The van der Waals surface area contributed by atoms with Crippen LogP contribution in [0.15, 0.2) is 86.6 Å². The summed E-state index contributed by atoms with van der Waals surface area (Å²) in [5, 5.41) is 20.1. The minimum atomic E-state index is -0.544. The van der Waals surface area contributed by atoms with Crippen molar-refractivity contribution in [1.29, 1.82) is 5.26 Å². The number of rotatable bonds is 11. The SMILES string of the molecule is N#CC1=C(c2ccc(OCCOC(=O)CN=NN)cc2)C(=CN)C(N2CCCC2)=NC1SCc1csc(-c2ccc(Cl)cc2)n1. The van der Waals surface area contributed by atoms with Crippen LogP contribution in [0, 0.1) is 11.3 Å². The van der Waals surface area contributed by atoms with Crippen molar-refractivity contribution in [2.24, 2.45) is 26.9 Å². The zero-order valence-corrected chi connectivity index (χ0v) is 26.7. The highest BCUT2D eigenvalue weighted by Gasteiger charge is 2.33. The highest BCUT2D eigenvalue weighted by atomic mass is 35.5. The number of hydrogen-bond acceptors (Lipinski definition) is 12. The molecule has 2 aliphatic rings. The van der Waals surface area contributed by atoms with Gasteiger partial charge in [0.25, 0.3) is 0 Å². The van der Waals surface area contributed by atoms with Gasteiger partial charge in [-0.05, 0) is 42.7 Å². The summed E-state index contributed by atoms with van der Waals surface area (Å²) in [7, 11) is 0. The third-order valence-electron chi connectivity index (χ3n) is 7.03. The fourth-order valence-corrected chi connectivity index (χ4v) is 6.99. The van der Waals surface area contributed by atoms with Crippen molar-refractivity contribution >= 4 is 52.1 Å².